The monoisotopic (exact) mass is 335 g/mol. The number of aromatic nitrogens is 2. The molecular formula is C17H13N5O3. The summed E-state index contributed by atoms with van der Waals surface area (Å²) < 4.78 is 1.80. The number of hydrazone groups is 1. The summed E-state index contributed by atoms with van der Waals surface area (Å²) in [6, 6.07) is 13.1. The molecule has 2 aromatic heterocycles. The Bertz CT molecular complexity index is 917. The summed E-state index contributed by atoms with van der Waals surface area (Å²) in [6.45, 7) is 0. The molecule has 124 valence electrons. The first-order chi connectivity index (χ1) is 12.1. The largest absolute Gasteiger partial charge is 0.316 e. The van der Waals surface area contributed by atoms with Crippen molar-refractivity contribution < 1.29 is 9.72 Å². The summed E-state index contributed by atoms with van der Waals surface area (Å²) in [4.78, 5) is 26.0. The van der Waals surface area contributed by atoms with Gasteiger partial charge in [0.25, 0.3) is 11.6 Å². The van der Waals surface area contributed by atoms with Gasteiger partial charge in [-0.1, -0.05) is 0 Å². The molecule has 0 atom stereocenters. The van der Waals surface area contributed by atoms with Gasteiger partial charge in [-0.2, -0.15) is 5.10 Å². The van der Waals surface area contributed by atoms with Crippen molar-refractivity contribution >= 4 is 17.8 Å². The van der Waals surface area contributed by atoms with Crippen LogP contribution in [-0.4, -0.2) is 26.6 Å². The molecule has 8 heteroatoms. The first kappa shape index (κ1) is 16.1. The minimum absolute atomic E-state index is 0.0230. The predicted octanol–water partition coefficient (Wildman–Crippen LogP) is 2.54. The van der Waals surface area contributed by atoms with E-state index in [1.165, 1.54) is 24.5 Å². The number of benzene rings is 1. The number of carbonyl (C=O) groups is 1. The number of nitro groups is 1. The zero-order chi connectivity index (χ0) is 17.6. The van der Waals surface area contributed by atoms with Crippen molar-refractivity contribution in [3.63, 3.8) is 0 Å². The molecule has 1 aromatic carbocycles. The summed E-state index contributed by atoms with van der Waals surface area (Å²) in [5.74, 6) is -0.363. The quantitative estimate of drug-likeness (QED) is 0.439. The van der Waals surface area contributed by atoms with E-state index in [1.807, 2.05) is 6.07 Å². The summed E-state index contributed by atoms with van der Waals surface area (Å²) >= 11 is 0. The molecule has 0 fully saturated rings. The first-order valence-corrected chi connectivity index (χ1v) is 7.31. The molecule has 3 rings (SSSR count). The molecule has 1 amide bonds. The smallest absolute Gasteiger partial charge is 0.272 e. The number of nitrogens with one attached hydrogen (secondary N) is 1. The first-order valence-electron chi connectivity index (χ1n) is 7.31. The van der Waals surface area contributed by atoms with E-state index >= 15 is 0 Å². The minimum atomic E-state index is -0.449. The van der Waals surface area contributed by atoms with Gasteiger partial charge in [0, 0.05) is 36.4 Å². The highest BCUT2D eigenvalue weighted by molar-refractivity contribution is 5.94. The Morgan fingerprint density at radius 2 is 2.00 bits per heavy atom. The maximum Gasteiger partial charge on any atom is 0.272 e. The van der Waals surface area contributed by atoms with Gasteiger partial charge in [0.15, 0.2) is 0 Å². The Hall–Kier alpha value is -3.81. The molecule has 0 unspecified atom stereocenters. The SMILES string of the molecule is O=C(N/N=C/c1cccn1-c1ccc([N+](=O)[O-])cc1)c1cccnc1. The highest BCUT2D eigenvalue weighted by Crippen LogP contribution is 2.16. The highest BCUT2D eigenvalue weighted by Gasteiger charge is 2.07. The van der Waals surface area contributed by atoms with Crippen LogP contribution in [0.15, 0.2) is 72.2 Å². The molecule has 0 bridgehead atoms. The fourth-order valence-electron chi connectivity index (χ4n) is 2.19. The van der Waals surface area contributed by atoms with Gasteiger partial charge in [0.05, 0.1) is 22.4 Å². The number of non-ortho nitro benzene ring substituents is 1. The molecule has 3 aromatic rings. The number of amides is 1. The fourth-order valence-corrected chi connectivity index (χ4v) is 2.19. The molecule has 0 radical (unpaired) electrons. The van der Waals surface area contributed by atoms with Gasteiger partial charge in [-0.25, -0.2) is 5.43 Å². The lowest BCUT2D eigenvalue weighted by Crippen LogP contribution is -2.17. The van der Waals surface area contributed by atoms with Crippen molar-refractivity contribution in [1.82, 2.24) is 15.0 Å². The van der Waals surface area contributed by atoms with Crippen LogP contribution in [-0.2, 0) is 0 Å². The number of hydrogen-bond donors (Lipinski definition) is 1. The average Bonchev–Trinajstić information content (AvgIpc) is 3.11. The third-order valence-corrected chi connectivity index (χ3v) is 3.41. The van der Waals surface area contributed by atoms with Crippen LogP contribution in [0.5, 0.6) is 0 Å². The third-order valence-electron chi connectivity index (χ3n) is 3.41. The molecule has 0 aliphatic carbocycles. The summed E-state index contributed by atoms with van der Waals surface area (Å²) in [5.41, 5.74) is 4.31. The number of pyridine rings is 1. The number of rotatable bonds is 5. The second-order valence-electron chi connectivity index (χ2n) is 5.02. The summed E-state index contributed by atoms with van der Waals surface area (Å²) in [6.07, 6.45) is 6.32. The van der Waals surface area contributed by atoms with Gasteiger partial charge in [-0.15, -0.1) is 0 Å². The second kappa shape index (κ2) is 7.18. The lowest BCUT2D eigenvalue weighted by molar-refractivity contribution is -0.384. The zero-order valence-corrected chi connectivity index (χ0v) is 12.9. The lowest BCUT2D eigenvalue weighted by atomic mass is 10.3. The normalized spacial score (nSPS) is 10.7. The van der Waals surface area contributed by atoms with Crippen molar-refractivity contribution in [2.45, 2.75) is 0 Å². The van der Waals surface area contributed by atoms with Crippen LogP contribution in [0.2, 0.25) is 0 Å². The van der Waals surface area contributed by atoms with E-state index in [0.29, 0.717) is 11.3 Å². The Labute approximate surface area is 142 Å². The van der Waals surface area contributed by atoms with Gasteiger partial charge in [0.1, 0.15) is 0 Å². The second-order valence-corrected chi connectivity index (χ2v) is 5.02. The van der Waals surface area contributed by atoms with Crippen LogP contribution in [0, 0.1) is 10.1 Å². The summed E-state index contributed by atoms with van der Waals surface area (Å²) in [7, 11) is 0. The Morgan fingerprint density at radius 3 is 2.68 bits per heavy atom. The third kappa shape index (κ3) is 3.75. The molecule has 0 aliphatic rings. The molecule has 0 aliphatic heterocycles. The average molecular weight is 335 g/mol. The van der Waals surface area contributed by atoms with E-state index in [1.54, 1.807) is 47.3 Å². The highest BCUT2D eigenvalue weighted by atomic mass is 16.6. The number of nitro benzene ring substituents is 1. The van der Waals surface area contributed by atoms with Crippen molar-refractivity contribution in [2.24, 2.45) is 5.10 Å². The van der Waals surface area contributed by atoms with Crippen molar-refractivity contribution in [2.75, 3.05) is 0 Å². The predicted molar refractivity (Wildman–Crippen MR) is 91.7 cm³/mol. The standard InChI is InChI=1S/C17H13N5O3/c23-17(13-3-1-9-18-11-13)20-19-12-16-4-2-10-21(16)14-5-7-15(8-6-14)22(24)25/h1-12H,(H,20,23)/b19-12+. The van der Waals surface area contributed by atoms with Gasteiger partial charge in [0.2, 0.25) is 0 Å². The van der Waals surface area contributed by atoms with Crippen LogP contribution in [0.25, 0.3) is 5.69 Å². The molecule has 1 N–H and O–H groups in total. The van der Waals surface area contributed by atoms with Crippen molar-refractivity contribution in [3.8, 4) is 5.69 Å². The maximum atomic E-state index is 11.9. The molecule has 0 saturated heterocycles. The molecule has 0 spiro atoms. The molecule has 25 heavy (non-hydrogen) atoms. The van der Waals surface area contributed by atoms with Gasteiger partial charge < -0.3 is 4.57 Å². The van der Waals surface area contributed by atoms with E-state index in [2.05, 4.69) is 15.5 Å². The van der Waals surface area contributed by atoms with Gasteiger partial charge >= 0.3 is 0 Å². The minimum Gasteiger partial charge on any atom is -0.316 e. The molecular weight excluding hydrogens is 322 g/mol. The van der Waals surface area contributed by atoms with E-state index < -0.39 is 4.92 Å². The Balaban J connectivity index is 1.73. The topological polar surface area (TPSA) is 102 Å². The van der Waals surface area contributed by atoms with Gasteiger partial charge in [-0.05, 0) is 36.4 Å². The van der Waals surface area contributed by atoms with Crippen LogP contribution >= 0.6 is 0 Å². The Kier molecular flexibility index (Phi) is 4.61. The van der Waals surface area contributed by atoms with Crippen molar-refractivity contribution in [1.29, 1.82) is 0 Å². The Morgan fingerprint density at radius 1 is 1.20 bits per heavy atom. The van der Waals surface area contributed by atoms with E-state index in [0.717, 1.165) is 5.69 Å². The fraction of sp³-hybridized carbons (Fsp3) is 0. The molecule has 8 nitrogen and oxygen atoms in total. The summed E-state index contributed by atoms with van der Waals surface area (Å²) in [5, 5.41) is 14.7. The van der Waals surface area contributed by atoms with E-state index in [4.69, 9.17) is 0 Å². The van der Waals surface area contributed by atoms with E-state index in [9.17, 15) is 14.9 Å². The number of carbonyl (C=O) groups excluding carboxylic acids is 1. The number of nitrogens with zero attached hydrogens (tertiary/aromatic N) is 4. The van der Waals surface area contributed by atoms with E-state index in [-0.39, 0.29) is 11.6 Å². The lowest BCUT2D eigenvalue weighted by Gasteiger charge is -2.06. The van der Waals surface area contributed by atoms with Crippen LogP contribution < -0.4 is 5.43 Å². The number of hydrogen-bond acceptors (Lipinski definition) is 5. The molecule has 0 saturated carbocycles. The van der Waals surface area contributed by atoms with Crippen molar-refractivity contribution in [3.05, 3.63) is 88.5 Å². The maximum absolute atomic E-state index is 11.9. The van der Waals surface area contributed by atoms with Crippen LogP contribution in [0.3, 0.4) is 0 Å². The molecule has 2 heterocycles. The van der Waals surface area contributed by atoms with Gasteiger partial charge in [-0.3, -0.25) is 19.9 Å². The van der Waals surface area contributed by atoms with Crippen LogP contribution in [0.1, 0.15) is 16.1 Å². The zero-order valence-electron chi connectivity index (χ0n) is 12.9. The van der Waals surface area contributed by atoms with Crippen LogP contribution in [0.4, 0.5) is 5.69 Å².